The van der Waals surface area contributed by atoms with E-state index in [1.807, 2.05) is 6.07 Å². The van der Waals surface area contributed by atoms with E-state index in [1.165, 1.54) is 16.7 Å². The molecule has 1 heterocycles. The third kappa shape index (κ3) is 2.44. The second kappa shape index (κ2) is 5.74. The van der Waals surface area contributed by atoms with Crippen molar-refractivity contribution in [1.82, 2.24) is 4.90 Å². The van der Waals surface area contributed by atoms with Crippen LogP contribution >= 0.6 is 22.6 Å². The SMILES string of the molecule is CCN1CCc2c(-c3ccccc3)cc(I)c(O)c2C1. The Kier molecular flexibility index (Phi) is 3.98. The van der Waals surface area contributed by atoms with Crippen LogP contribution in [0, 0.1) is 3.57 Å². The second-order valence-corrected chi connectivity index (χ2v) is 6.36. The molecule has 0 saturated heterocycles. The summed E-state index contributed by atoms with van der Waals surface area (Å²) in [5.74, 6) is 0.471. The molecule has 0 aliphatic carbocycles. The highest BCUT2D eigenvalue weighted by Crippen LogP contribution is 2.38. The zero-order valence-electron chi connectivity index (χ0n) is 11.6. The van der Waals surface area contributed by atoms with Crippen molar-refractivity contribution in [2.75, 3.05) is 13.1 Å². The number of phenolic OH excluding ortho intramolecular Hbond substituents is 1. The van der Waals surface area contributed by atoms with Gasteiger partial charge in [-0.1, -0.05) is 37.3 Å². The summed E-state index contributed by atoms with van der Waals surface area (Å²) in [6, 6.07) is 12.6. The van der Waals surface area contributed by atoms with Crippen molar-refractivity contribution in [2.45, 2.75) is 19.9 Å². The van der Waals surface area contributed by atoms with E-state index in [1.54, 1.807) is 0 Å². The van der Waals surface area contributed by atoms with E-state index in [0.29, 0.717) is 5.75 Å². The van der Waals surface area contributed by atoms with Gasteiger partial charge in [0.15, 0.2) is 0 Å². The van der Waals surface area contributed by atoms with Gasteiger partial charge < -0.3 is 5.11 Å². The molecule has 0 bridgehead atoms. The Morgan fingerprint density at radius 3 is 2.65 bits per heavy atom. The number of aromatic hydroxyl groups is 1. The van der Waals surface area contributed by atoms with Crippen molar-refractivity contribution in [3.63, 3.8) is 0 Å². The average molecular weight is 379 g/mol. The Hall–Kier alpha value is -1.07. The van der Waals surface area contributed by atoms with Crippen LogP contribution in [-0.4, -0.2) is 23.1 Å². The number of rotatable bonds is 2. The Labute approximate surface area is 133 Å². The lowest BCUT2D eigenvalue weighted by atomic mass is 9.90. The lowest BCUT2D eigenvalue weighted by Gasteiger charge is -2.30. The van der Waals surface area contributed by atoms with Gasteiger partial charge in [0.2, 0.25) is 0 Å². The van der Waals surface area contributed by atoms with Crippen molar-refractivity contribution in [3.8, 4) is 16.9 Å². The number of hydrogen-bond acceptors (Lipinski definition) is 2. The monoisotopic (exact) mass is 379 g/mol. The van der Waals surface area contributed by atoms with Crippen LogP contribution < -0.4 is 0 Å². The van der Waals surface area contributed by atoms with E-state index in [4.69, 9.17) is 0 Å². The van der Waals surface area contributed by atoms with Gasteiger partial charge in [0.1, 0.15) is 5.75 Å². The molecule has 0 fully saturated rings. The third-order valence-corrected chi connectivity index (χ3v) is 4.89. The fraction of sp³-hybridized carbons (Fsp3) is 0.294. The standard InChI is InChI=1S/C17H18INO/c1-2-19-9-8-13-14(12-6-4-3-5-7-12)10-16(18)17(20)15(13)11-19/h3-7,10,20H,2,8-9,11H2,1H3. The highest BCUT2D eigenvalue weighted by atomic mass is 127. The van der Waals surface area contributed by atoms with Crippen LogP contribution in [0.25, 0.3) is 11.1 Å². The van der Waals surface area contributed by atoms with Gasteiger partial charge in [0.25, 0.3) is 0 Å². The molecule has 2 aromatic carbocycles. The van der Waals surface area contributed by atoms with Crippen LogP contribution in [0.2, 0.25) is 0 Å². The Balaban J connectivity index is 2.16. The summed E-state index contributed by atoms with van der Waals surface area (Å²) in [5.41, 5.74) is 4.95. The fourth-order valence-electron chi connectivity index (χ4n) is 2.91. The first-order chi connectivity index (χ1) is 9.70. The van der Waals surface area contributed by atoms with Crippen LogP contribution in [0.3, 0.4) is 0 Å². The summed E-state index contributed by atoms with van der Waals surface area (Å²) in [7, 11) is 0. The summed E-state index contributed by atoms with van der Waals surface area (Å²) in [6.45, 7) is 5.14. The largest absolute Gasteiger partial charge is 0.506 e. The molecule has 0 amide bonds. The first kappa shape index (κ1) is 13.9. The number of halogens is 1. The highest BCUT2D eigenvalue weighted by Gasteiger charge is 2.23. The molecule has 20 heavy (non-hydrogen) atoms. The van der Waals surface area contributed by atoms with E-state index >= 15 is 0 Å². The lowest BCUT2D eigenvalue weighted by molar-refractivity contribution is 0.263. The van der Waals surface area contributed by atoms with E-state index in [2.05, 4.69) is 64.7 Å². The summed E-state index contributed by atoms with van der Waals surface area (Å²) in [6.07, 6.45) is 1.01. The molecule has 1 N–H and O–H groups in total. The van der Waals surface area contributed by atoms with E-state index in [9.17, 15) is 5.11 Å². The predicted octanol–water partition coefficient (Wildman–Crippen LogP) is 4.04. The Morgan fingerprint density at radius 2 is 1.95 bits per heavy atom. The topological polar surface area (TPSA) is 23.5 Å². The minimum atomic E-state index is 0.471. The molecule has 1 aliphatic heterocycles. The third-order valence-electron chi connectivity index (χ3n) is 4.06. The van der Waals surface area contributed by atoms with Crippen molar-refractivity contribution in [3.05, 3.63) is 51.1 Å². The van der Waals surface area contributed by atoms with Gasteiger partial charge in [-0.3, -0.25) is 4.90 Å². The minimum absolute atomic E-state index is 0.471. The summed E-state index contributed by atoms with van der Waals surface area (Å²) >= 11 is 2.23. The van der Waals surface area contributed by atoms with Crippen LogP contribution in [0.4, 0.5) is 0 Å². The van der Waals surface area contributed by atoms with Crippen molar-refractivity contribution in [2.24, 2.45) is 0 Å². The molecule has 1 aliphatic rings. The van der Waals surface area contributed by atoms with Gasteiger partial charge in [-0.05, 0) is 58.3 Å². The first-order valence-electron chi connectivity index (χ1n) is 7.01. The van der Waals surface area contributed by atoms with Crippen LogP contribution in [-0.2, 0) is 13.0 Å². The molecule has 3 rings (SSSR count). The summed E-state index contributed by atoms with van der Waals surface area (Å²) < 4.78 is 0.943. The molecule has 0 saturated carbocycles. The van der Waals surface area contributed by atoms with Gasteiger partial charge in [0, 0.05) is 18.7 Å². The maximum Gasteiger partial charge on any atom is 0.133 e. The summed E-state index contributed by atoms with van der Waals surface area (Å²) in [4.78, 5) is 2.38. The molecule has 0 spiro atoms. The van der Waals surface area contributed by atoms with Crippen LogP contribution in [0.1, 0.15) is 18.1 Å². The van der Waals surface area contributed by atoms with Crippen molar-refractivity contribution >= 4 is 22.6 Å². The fourth-order valence-corrected chi connectivity index (χ4v) is 3.54. The van der Waals surface area contributed by atoms with Crippen molar-refractivity contribution in [1.29, 1.82) is 0 Å². The highest BCUT2D eigenvalue weighted by molar-refractivity contribution is 14.1. The summed E-state index contributed by atoms with van der Waals surface area (Å²) in [5, 5.41) is 10.4. The van der Waals surface area contributed by atoms with Crippen molar-refractivity contribution < 1.29 is 5.11 Å². The zero-order valence-corrected chi connectivity index (χ0v) is 13.7. The van der Waals surface area contributed by atoms with Gasteiger partial charge in [0.05, 0.1) is 3.57 Å². The number of phenols is 1. The molecule has 0 aromatic heterocycles. The average Bonchev–Trinajstić information content (AvgIpc) is 2.51. The van der Waals surface area contributed by atoms with Gasteiger partial charge in [-0.15, -0.1) is 0 Å². The normalized spacial score (nSPS) is 15.1. The smallest absolute Gasteiger partial charge is 0.133 e. The van der Waals surface area contributed by atoms with Gasteiger partial charge in [-0.25, -0.2) is 0 Å². The molecule has 2 aromatic rings. The number of hydrogen-bond donors (Lipinski definition) is 1. The molecule has 3 heteroatoms. The Bertz CT molecular complexity index is 625. The molecule has 0 radical (unpaired) electrons. The molecule has 2 nitrogen and oxygen atoms in total. The molecule has 0 unspecified atom stereocenters. The van der Waals surface area contributed by atoms with E-state index in [0.717, 1.165) is 35.2 Å². The molecule has 104 valence electrons. The second-order valence-electron chi connectivity index (χ2n) is 5.20. The molecular formula is C17H18INO. The maximum atomic E-state index is 10.4. The quantitative estimate of drug-likeness (QED) is 0.797. The number of benzene rings is 2. The number of likely N-dealkylation sites (N-methyl/N-ethyl adjacent to an activating group) is 1. The Morgan fingerprint density at radius 1 is 1.20 bits per heavy atom. The van der Waals surface area contributed by atoms with Crippen LogP contribution in [0.15, 0.2) is 36.4 Å². The molecular weight excluding hydrogens is 361 g/mol. The van der Waals surface area contributed by atoms with Gasteiger partial charge >= 0.3 is 0 Å². The zero-order chi connectivity index (χ0) is 14.1. The number of fused-ring (bicyclic) bond motifs is 1. The number of nitrogens with zero attached hydrogens (tertiary/aromatic N) is 1. The minimum Gasteiger partial charge on any atom is -0.506 e. The van der Waals surface area contributed by atoms with E-state index < -0.39 is 0 Å². The van der Waals surface area contributed by atoms with Crippen LogP contribution in [0.5, 0.6) is 5.75 Å². The van der Waals surface area contributed by atoms with E-state index in [-0.39, 0.29) is 0 Å². The van der Waals surface area contributed by atoms with Gasteiger partial charge in [-0.2, -0.15) is 0 Å². The lowest BCUT2D eigenvalue weighted by Crippen LogP contribution is -2.30. The first-order valence-corrected chi connectivity index (χ1v) is 8.09. The maximum absolute atomic E-state index is 10.4. The molecule has 0 atom stereocenters. The predicted molar refractivity (Wildman–Crippen MR) is 90.9 cm³/mol.